The minimum Gasteiger partial charge on any atom is -0.497 e. The molecule has 2 amide bonds. The fourth-order valence-corrected chi connectivity index (χ4v) is 2.59. The van der Waals surface area contributed by atoms with E-state index >= 15 is 0 Å². The lowest BCUT2D eigenvalue weighted by atomic mass is 10.1. The number of carbonyl (C=O) groups is 2. The maximum absolute atomic E-state index is 12.3. The largest absolute Gasteiger partial charge is 0.497 e. The minimum absolute atomic E-state index is 0.129. The molecule has 0 radical (unpaired) electrons. The van der Waals surface area contributed by atoms with Gasteiger partial charge in [0.2, 0.25) is 5.91 Å². The second kappa shape index (κ2) is 8.89. The Bertz CT molecular complexity index is 780. The molecule has 0 bridgehead atoms. The van der Waals surface area contributed by atoms with Crippen molar-refractivity contribution in [3.63, 3.8) is 0 Å². The molecular weight excluding hydrogens is 332 g/mol. The quantitative estimate of drug-likeness (QED) is 0.800. The summed E-state index contributed by atoms with van der Waals surface area (Å²) in [7, 11) is 3.02. The normalized spacial score (nSPS) is 10.2. The van der Waals surface area contributed by atoms with E-state index in [1.165, 1.54) is 14.2 Å². The first-order valence-electron chi connectivity index (χ1n) is 8.38. The monoisotopic (exact) mass is 356 g/mol. The number of carbonyl (C=O) groups excluding carboxylic acids is 2. The predicted octanol–water partition coefficient (Wildman–Crippen LogP) is 2.94. The van der Waals surface area contributed by atoms with Crippen molar-refractivity contribution in [1.29, 1.82) is 0 Å². The molecule has 0 heterocycles. The van der Waals surface area contributed by atoms with Crippen molar-refractivity contribution in [3.8, 4) is 11.5 Å². The van der Waals surface area contributed by atoms with E-state index in [9.17, 15) is 9.59 Å². The zero-order valence-electron chi connectivity index (χ0n) is 15.5. The zero-order chi connectivity index (χ0) is 19.1. The van der Waals surface area contributed by atoms with Crippen LogP contribution in [0.25, 0.3) is 0 Å². The summed E-state index contributed by atoms with van der Waals surface area (Å²) < 4.78 is 10.3. The van der Waals surface area contributed by atoms with Gasteiger partial charge in [-0.25, -0.2) is 0 Å². The summed E-state index contributed by atoms with van der Waals surface area (Å²) in [6.07, 6.45) is 0.813. The van der Waals surface area contributed by atoms with E-state index in [-0.39, 0.29) is 18.4 Å². The summed E-state index contributed by atoms with van der Waals surface area (Å²) in [6.45, 7) is 3.84. The van der Waals surface area contributed by atoms with Crippen LogP contribution in [0.5, 0.6) is 11.5 Å². The predicted molar refractivity (Wildman–Crippen MR) is 101 cm³/mol. The molecule has 26 heavy (non-hydrogen) atoms. The molecule has 138 valence electrons. The highest BCUT2D eigenvalue weighted by molar-refractivity contribution is 6.00. The van der Waals surface area contributed by atoms with Gasteiger partial charge in [-0.15, -0.1) is 0 Å². The Hall–Kier alpha value is -3.02. The molecule has 0 saturated carbocycles. The van der Waals surface area contributed by atoms with Gasteiger partial charge in [-0.2, -0.15) is 0 Å². The van der Waals surface area contributed by atoms with E-state index in [4.69, 9.17) is 9.47 Å². The van der Waals surface area contributed by atoms with E-state index in [1.807, 2.05) is 32.0 Å². The molecule has 0 aliphatic heterocycles. The number of nitrogens with one attached hydrogen (secondary N) is 2. The molecule has 0 aromatic heterocycles. The summed E-state index contributed by atoms with van der Waals surface area (Å²) in [5.74, 6) is 0.355. The Labute approximate surface area is 153 Å². The Morgan fingerprint density at radius 1 is 1.04 bits per heavy atom. The summed E-state index contributed by atoms with van der Waals surface area (Å²) >= 11 is 0. The van der Waals surface area contributed by atoms with Crippen LogP contribution in [-0.2, 0) is 11.2 Å². The second-order valence-electron chi connectivity index (χ2n) is 5.79. The van der Waals surface area contributed by atoms with E-state index < -0.39 is 0 Å². The van der Waals surface area contributed by atoms with Crippen LogP contribution in [0.2, 0.25) is 0 Å². The smallest absolute Gasteiger partial charge is 0.251 e. The number of aryl methyl sites for hydroxylation is 2. The van der Waals surface area contributed by atoms with Gasteiger partial charge in [-0.05, 0) is 36.6 Å². The third-order valence-electron chi connectivity index (χ3n) is 4.03. The standard InChI is InChI=1S/C20H24N2O4/c1-5-14-8-6-7-13(2)19(14)22-18(23)12-21-20(24)15-9-16(25-3)11-17(10-15)26-4/h6-11H,5,12H2,1-4H3,(H,21,24)(H,22,23). The van der Waals surface area contributed by atoms with Crippen molar-refractivity contribution in [1.82, 2.24) is 5.32 Å². The average Bonchev–Trinajstić information content (AvgIpc) is 2.67. The molecular formula is C20H24N2O4. The number of hydrogen-bond donors (Lipinski definition) is 2. The maximum Gasteiger partial charge on any atom is 0.251 e. The Balaban J connectivity index is 2.03. The zero-order valence-corrected chi connectivity index (χ0v) is 15.5. The Morgan fingerprint density at radius 2 is 1.69 bits per heavy atom. The molecule has 2 aromatic rings. The first kappa shape index (κ1) is 19.3. The number of amides is 2. The molecule has 0 unspecified atom stereocenters. The van der Waals surface area contributed by atoms with Crippen LogP contribution < -0.4 is 20.1 Å². The SMILES string of the molecule is CCc1cccc(C)c1NC(=O)CNC(=O)c1cc(OC)cc(OC)c1. The minimum atomic E-state index is -0.377. The molecule has 0 spiro atoms. The van der Waals surface area contributed by atoms with Gasteiger partial charge in [-0.3, -0.25) is 9.59 Å². The van der Waals surface area contributed by atoms with Crippen molar-refractivity contribution in [2.45, 2.75) is 20.3 Å². The van der Waals surface area contributed by atoms with Gasteiger partial charge in [0.25, 0.3) is 5.91 Å². The fourth-order valence-electron chi connectivity index (χ4n) is 2.59. The summed E-state index contributed by atoms with van der Waals surface area (Å²) in [5.41, 5.74) is 3.21. The van der Waals surface area contributed by atoms with Gasteiger partial charge in [0.15, 0.2) is 0 Å². The van der Waals surface area contributed by atoms with Gasteiger partial charge < -0.3 is 20.1 Å². The second-order valence-corrected chi connectivity index (χ2v) is 5.79. The lowest BCUT2D eigenvalue weighted by Gasteiger charge is -2.13. The molecule has 2 N–H and O–H groups in total. The van der Waals surface area contributed by atoms with E-state index in [2.05, 4.69) is 10.6 Å². The van der Waals surface area contributed by atoms with Crippen LogP contribution in [0, 0.1) is 6.92 Å². The number of ether oxygens (including phenoxy) is 2. The average molecular weight is 356 g/mol. The van der Waals surface area contributed by atoms with Crippen molar-refractivity contribution in [3.05, 3.63) is 53.1 Å². The van der Waals surface area contributed by atoms with Crippen LogP contribution in [0.1, 0.15) is 28.4 Å². The van der Waals surface area contributed by atoms with Crippen LogP contribution in [0.4, 0.5) is 5.69 Å². The third-order valence-corrected chi connectivity index (χ3v) is 4.03. The Kier molecular flexibility index (Phi) is 6.60. The number of rotatable bonds is 7. The van der Waals surface area contributed by atoms with Crippen LogP contribution in [-0.4, -0.2) is 32.6 Å². The first-order chi connectivity index (χ1) is 12.5. The van der Waals surface area contributed by atoms with E-state index in [1.54, 1.807) is 18.2 Å². The highest BCUT2D eigenvalue weighted by Gasteiger charge is 2.13. The van der Waals surface area contributed by atoms with Crippen molar-refractivity contribution in [2.75, 3.05) is 26.1 Å². The first-order valence-corrected chi connectivity index (χ1v) is 8.38. The molecule has 2 aromatic carbocycles. The van der Waals surface area contributed by atoms with Crippen molar-refractivity contribution >= 4 is 17.5 Å². The van der Waals surface area contributed by atoms with Crippen LogP contribution in [0.3, 0.4) is 0 Å². The molecule has 6 nitrogen and oxygen atoms in total. The van der Waals surface area contributed by atoms with Crippen LogP contribution in [0.15, 0.2) is 36.4 Å². The Morgan fingerprint density at radius 3 is 2.27 bits per heavy atom. The van der Waals surface area contributed by atoms with Crippen molar-refractivity contribution in [2.24, 2.45) is 0 Å². The summed E-state index contributed by atoms with van der Waals surface area (Å²) in [6, 6.07) is 10.7. The van der Waals surface area contributed by atoms with Gasteiger partial charge in [-0.1, -0.05) is 25.1 Å². The highest BCUT2D eigenvalue weighted by Crippen LogP contribution is 2.23. The summed E-state index contributed by atoms with van der Waals surface area (Å²) in [5, 5.41) is 5.50. The topological polar surface area (TPSA) is 76.7 Å². The van der Waals surface area contributed by atoms with Gasteiger partial charge >= 0.3 is 0 Å². The number of para-hydroxylation sites is 1. The summed E-state index contributed by atoms with van der Waals surface area (Å²) in [4.78, 5) is 24.6. The molecule has 2 rings (SSSR count). The van der Waals surface area contributed by atoms with Gasteiger partial charge in [0, 0.05) is 17.3 Å². The fraction of sp³-hybridized carbons (Fsp3) is 0.300. The molecule has 6 heteroatoms. The number of anilines is 1. The molecule has 0 atom stereocenters. The maximum atomic E-state index is 12.3. The van der Waals surface area contributed by atoms with Crippen molar-refractivity contribution < 1.29 is 19.1 Å². The number of hydrogen-bond acceptors (Lipinski definition) is 4. The number of benzene rings is 2. The highest BCUT2D eigenvalue weighted by atomic mass is 16.5. The number of methoxy groups -OCH3 is 2. The third kappa shape index (κ3) is 4.75. The molecule has 0 fully saturated rings. The van der Waals surface area contributed by atoms with E-state index in [0.717, 1.165) is 23.2 Å². The molecule has 0 aliphatic rings. The van der Waals surface area contributed by atoms with Gasteiger partial charge in [0.1, 0.15) is 11.5 Å². The lowest BCUT2D eigenvalue weighted by Crippen LogP contribution is -2.33. The van der Waals surface area contributed by atoms with Gasteiger partial charge in [0.05, 0.1) is 20.8 Å². The lowest BCUT2D eigenvalue weighted by molar-refractivity contribution is -0.115. The molecule has 0 aliphatic carbocycles. The van der Waals surface area contributed by atoms with E-state index in [0.29, 0.717) is 17.1 Å². The van der Waals surface area contributed by atoms with Crippen LogP contribution >= 0.6 is 0 Å². The molecule has 0 saturated heterocycles.